The van der Waals surface area contributed by atoms with Crippen molar-refractivity contribution >= 4 is 53.8 Å². The number of sulfone groups is 1. The van der Waals surface area contributed by atoms with E-state index >= 15 is 0 Å². The minimum absolute atomic E-state index is 0.219. The van der Waals surface area contributed by atoms with Crippen LogP contribution in [-0.2, 0) is 9.84 Å². The molecule has 0 N–H and O–H groups in total. The van der Waals surface area contributed by atoms with E-state index < -0.39 is 15.1 Å². The summed E-state index contributed by atoms with van der Waals surface area (Å²) in [7, 11) is -3.45. The second-order valence-electron chi connectivity index (χ2n) is 7.14. The predicted molar refractivity (Wildman–Crippen MR) is 124 cm³/mol. The number of aromatic nitrogens is 1. The first-order valence-electron chi connectivity index (χ1n) is 9.31. The first-order chi connectivity index (χ1) is 13.9. The molecule has 4 rings (SSSR count). The number of benzene rings is 2. The maximum atomic E-state index is 13.1. The van der Waals surface area contributed by atoms with Crippen LogP contribution in [0.1, 0.15) is 18.4 Å². The van der Waals surface area contributed by atoms with Gasteiger partial charge in [0.05, 0.1) is 20.9 Å². The summed E-state index contributed by atoms with van der Waals surface area (Å²) in [6, 6.07) is 13.1. The van der Waals surface area contributed by atoms with Crippen LogP contribution in [0.4, 0.5) is 5.13 Å². The number of thiazole rings is 1. The third-order valence-corrected chi connectivity index (χ3v) is 9.40. The molecule has 0 aliphatic carbocycles. The fourth-order valence-corrected chi connectivity index (χ4v) is 7.29. The Labute approximate surface area is 188 Å². The van der Waals surface area contributed by atoms with E-state index in [1.807, 2.05) is 12.1 Å². The molecule has 3 aromatic rings. The molecule has 0 spiro atoms. The third-order valence-electron chi connectivity index (χ3n) is 5.26. The van der Waals surface area contributed by atoms with E-state index in [1.54, 1.807) is 29.5 Å². The van der Waals surface area contributed by atoms with Gasteiger partial charge in [-0.05, 0) is 43.5 Å². The number of aryl methyl sites for hydroxylation is 1. The molecule has 2 heterocycles. The zero-order chi connectivity index (χ0) is 20.6. The maximum absolute atomic E-state index is 13.1. The van der Waals surface area contributed by atoms with Gasteiger partial charge in [-0.1, -0.05) is 51.8 Å². The van der Waals surface area contributed by atoms with Gasteiger partial charge in [0.1, 0.15) is 0 Å². The minimum Gasteiger partial charge on any atom is -0.348 e. The van der Waals surface area contributed by atoms with Gasteiger partial charge < -0.3 is 4.90 Å². The first-order valence-corrected chi connectivity index (χ1v) is 12.9. The van der Waals surface area contributed by atoms with Crippen molar-refractivity contribution in [3.63, 3.8) is 0 Å². The maximum Gasteiger partial charge on any atom is 0.185 e. The highest BCUT2D eigenvalue weighted by Crippen LogP contribution is 2.34. The summed E-state index contributed by atoms with van der Waals surface area (Å²) in [4.78, 5) is 7.20. The number of anilines is 1. The topological polar surface area (TPSA) is 50.3 Å². The van der Waals surface area contributed by atoms with Crippen LogP contribution in [0.25, 0.3) is 11.3 Å². The van der Waals surface area contributed by atoms with Gasteiger partial charge >= 0.3 is 0 Å². The third kappa shape index (κ3) is 4.24. The Morgan fingerprint density at radius 2 is 1.90 bits per heavy atom. The van der Waals surface area contributed by atoms with Crippen molar-refractivity contribution in [1.29, 1.82) is 0 Å². The zero-order valence-electron chi connectivity index (χ0n) is 15.8. The molecule has 1 aliphatic rings. The zero-order valence-corrected chi connectivity index (χ0v) is 19.8. The number of hydrogen-bond donors (Lipinski definition) is 0. The summed E-state index contributed by atoms with van der Waals surface area (Å²) in [5.74, 6) is 0. The van der Waals surface area contributed by atoms with Gasteiger partial charge in [0.15, 0.2) is 15.0 Å². The van der Waals surface area contributed by atoms with Crippen LogP contribution in [0.5, 0.6) is 0 Å². The molecule has 1 aliphatic heterocycles. The molecule has 0 amide bonds. The van der Waals surface area contributed by atoms with Crippen molar-refractivity contribution < 1.29 is 8.42 Å². The summed E-state index contributed by atoms with van der Waals surface area (Å²) >= 11 is 11.1. The Kier molecular flexibility index (Phi) is 6.02. The Morgan fingerprint density at radius 3 is 2.59 bits per heavy atom. The summed E-state index contributed by atoms with van der Waals surface area (Å²) in [5.41, 5.74) is 3.30. The molecule has 4 nitrogen and oxygen atoms in total. The minimum atomic E-state index is -3.45. The smallest absolute Gasteiger partial charge is 0.185 e. The van der Waals surface area contributed by atoms with Gasteiger partial charge in [0.2, 0.25) is 0 Å². The highest BCUT2D eigenvalue weighted by molar-refractivity contribution is 9.10. The van der Waals surface area contributed by atoms with Crippen LogP contribution in [0.15, 0.2) is 57.2 Å². The molecule has 0 atom stereocenters. The van der Waals surface area contributed by atoms with Gasteiger partial charge in [-0.15, -0.1) is 11.3 Å². The molecule has 29 heavy (non-hydrogen) atoms. The standard InChI is InChI=1S/C21H20BrClN2O2S2/c1-14-4-2-3-5-17(14)19-13-28-21(24-19)25-10-8-16(9-11-25)29(26,27)20-7-6-15(22)12-18(20)23/h2-7,12-13,16H,8-11H2,1H3. The van der Waals surface area contributed by atoms with Crippen molar-refractivity contribution in [3.8, 4) is 11.3 Å². The Hall–Kier alpha value is -1.41. The monoisotopic (exact) mass is 510 g/mol. The Morgan fingerprint density at radius 1 is 1.17 bits per heavy atom. The fraction of sp³-hybridized carbons (Fsp3) is 0.286. The highest BCUT2D eigenvalue weighted by atomic mass is 79.9. The van der Waals surface area contributed by atoms with E-state index in [2.05, 4.69) is 45.3 Å². The van der Waals surface area contributed by atoms with Crippen molar-refractivity contribution in [1.82, 2.24) is 4.98 Å². The van der Waals surface area contributed by atoms with Crippen molar-refractivity contribution in [3.05, 3.63) is 62.9 Å². The number of rotatable bonds is 4. The molecule has 0 saturated carbocycles. The molecule has 0 radical (unpaired) electrons. The quantitative estimate of drug-likeness (QED) is 0.432. The van der Waals surface area contributed by atoms with E-state index in [0.717, 1.165) is 20.9 Å². The second kappa shape index (κ2) is 8.38. The van der Waals surface area contributed by atoms with Crippen LogP contribution in [0, 0.1) is 6.92 Å². The molecule has 2 aromatic carbocycles. The average Bonchev–Trinajstić information content (AvgIpc) is 3.18. The van der Waals surface area contributed by atoms with Crippen molar-refractivity contribution in [2.75, 3.05) is 18.0 Å². The molecule has 0 bridgehead atoms. The van der Waals surface area contributed by atoms with Gasteiger partial charge in [0.25, 0.3) is 0 Å². The normalized spacial score (nSPS) is 15.6. The average molecular weight is 512 g/mol. The lowest BCUT2D eigenvalue weighted by Gasteiger charge is -2.31. The molecule has 1 fully saturated rings. The van der Waals surface area contributed by atoms with E-state index in [9.17, 15) is 8.42 Å². The molecular weight excluding hydrogens is 492 g/mol. The molecule has 8 heteroatoms. The predicted octanol–water partition coefficient (Wildman–Crippen LogP) is 5.98. The molecule has 1 aromatic heterocycles. The molecule has 0 unspecified atom stereocenters. The van der Waals surface area contributed by atoms with Crippen LogP contribution in [0.3, 0.4) is 0 Å². The SMILES string of the molecule is Cc1ccccc1-c1csc(N2CCC(S(=O)(=O)c3ccc(Br)cc3Cl)CC2)n1. The van der Waals surface area contributed by atoms with E-state index in [4.69, 9.17) is 16.6 Å². The van der Waals surface area contributed by atoms with Crippen LogP contribution in [0.2, 0.25) is 5.02 Å². The van der Waals surface area contributed by atoms with Crippen molar-refractivity contribution in [2.24, 2.45) is 0 Å². The van der Waals surface area contributed by atoms with Gasteiger partial charge in [0, 0.05) is 28.5 Å². The number of piperidine rings is 1. The lowest BCUT2D eigenvalue weighted by Crippen LogP contribution is -2.39. The van der Waals surface area contributed by atoms with Gasteiger partial charge in [-0.3, -0.25) is 0 Å². The Balaban J connectivity index is 1.48. The molecule has 152 valence electrons. The number of halogens is 2. The summed E-state index contributed by atoms with van der Waals surface area (Å²) in [6.45, 7) is 3.41. The fourth-order valence-electron chi connectivity index (χ4n) is 3.64. The van der Waals surface area contributed by atoms with Crippen molar-refractivity contribution in [2.45, 2.75) is 29.9 Å². The van der Waals surface area contributed by atoms with Crippen LogP contribution < -0.4 is 4.90 Å². The van der Waals surface area contributed by atoms with Gasteiger partial charge in [-0.25, -0.2) is 13.4 Å². The second-order valence-corrected chi connectivity index (χ2v) is 11.5. The van der Waals surface area contributed by atoms with E-state index in [-0.39, 0.29) is 9.92 Å². The molecular formula is C21H20BrClN2O2S2. The summed E-state index contributed by atoms with van der Waals surface area (Å²) in [5, 5.41) is 2.86. The number of hydrogen-bond acceptors (Lipinski definition) is 5. The lowest BCUT2D eigenvalue weighted by molar-refractivity contribution is 0.529. The van der Waals surface area contributed by atoms with Crippen LogP contribution >= 0.6 is 38.9 Å². The summed E-state index contributed by atoms with van der Waals surface area (Å²) in [6.07, 6.45) is 1.13. The number of nitrogens with zero attached hydrogens (tertiary/aromatic N) is 2. The lowest BCUT2D eigenvalue weighted by atomic mass is 10.1. The van der Waals surface area contributed by atoms with Crippen LogP contribution in [-0.4, -0.2) is 31.7 Å². The summed E-state index contributed by atoms with van der Waals surface area (Å²) < 4.78 is 26.9. The van der Waals surface area contributed by atoms with E-state index in [0.29, 0.717) is 25.9 Å². The highest BCUT2D eigenvalue weighted by Gasteiger charge is 2.33. The van der Waals surface area contributed by atoms with Gasteiger partial charge in [-0.2, -0.15) is 0 Å². The Bertz CT molecular complexity index is 1140. The molecule has 1 saturated heterocycles. The first kappa shape index (κ1) is 20.8. The largest absolute Gasteiger partial charge is 0.348 e. The van der Waals surface area contributed by atoms with E-state index in [1.165, 1.54) is 5.56 Å².